The van der Waals surface area contributed by atoms with Gasteiger partial charge in [-0.1, -0.05) is 5.10 Å². The summed E-state index contributed by atoms with van der Waals surface area (Å²) in [6.45, 7) is 3.40. The number of anilines is 2. The Morgan fingerprint density at radius 1 is 1.18 bits per heavy atom. The van der Waals surface area contributed by atoms with Crippen molar-refractivity contribution in [3.05, 3.63) is 34.2 Å². The van der Waals surface area contributed by atoms with E-state index in [0.29, 0.717) is 37.5 Å². The summed E-state index contributed by atoms with van der Waals surface area (Å²) < 4.78 is 37.4. The highest BCUT2D eigenvalue weighted by atomic mass is 32.2. The summed E-state index contributed by atoms with van der Waals surface area (Å²) in [5.74, 6) is -0.222. The van der Waals surface area contributed by atoms with E-state index in [2.05, 4.69) is 15.5 Å². The number of carbonyl (C=O) groups is 1. The number of nitro benzene ring substituents is 1. The molecule has 1 aromatic carbocycles. The van der Waals surface area contributed by atoms with Gasteiger partial charge in [-0.15, -0.1) is 5.10 Å². The van der Waals surface area contributed by atoms with E-state index in [0.717, 1.165) is 6.07 Å². The number of piperidine rings is 1. The average molecular weight is 481 g/mol. The van der Waals surface area contributed by atoms with Crippen LogP contribution in [0.15, 0.2) is 27.5 Å². The number of hydrogen-bond acceptors (Lipinski definition) is 10. The number of rotatable bonds is 6. The van der Waals surface area contributed by atoms with Gasteiger partial charge in [0.2, 0.25) is 21.8 Å². The van der Waals surface area contributed by atoms with Crippen LogP contribution in [0, 0.1) is 23.0 Å². The molecule has 0 saturated carbocycles. The van der Waals surface area contributed by atoms with E-state index in [4.69, 9.17) is 9.15 Å². The molecule has 14 heteroatoms. The van der Waals surface area contributed by atoms with Gasteiger partial charge in [0.15, 0.2) is 0 Å². The minimum Gasteiger partial charge on any atom is -0.408 e. The third-order valence-electron chi connectivity index (χ3n) is 5.71. The third kappa shape index (κ3) is 4.96. The normalized spacial score (nSPS) is 18.3. The van der Waals surface area contributed by atoms with Crippen molar-refractivity contribution in [3.63, 3.8) is 0 Å². The van der Waals surface area contributed by atoms with Crippen molar-refractivity contribution in [2.45, 2.75) is 24.7 Å². The molecule has 3 heterocycles. The van der Waals surface area contributed by atoms with Gasteiger partial charge < -0.3 is 14.1 Å². The molecule has 2 aliphatic rings. The number of aryl methyl sites for hydroxylation is 1. The first-order valence-electron chi connectivity index (χ1n) is 10.5. The Hall–Kier alpha value is -3.10. The lowest BCUT2D eigenvalue weighted by atomic mass is 9.95. The van der Waals surface area contributed by atoms with Crippen LogP contribution in [0.2, 0.25) is 0 Å². The van der Waals surface area contributed by atoms with E-state index in [1.54, 1.807) is 11.8 Å². The number of aromatic nitrogens is 2. The molecule has 1 N–H and O–H groups in total. The zero-order valence-corrected chi connectivity index (χ0v) is 18.8. The van der Waals surface area contributed by atoms with Crippen LogP contribution in [0.1, 0.15) is 18.7 Å². The zero-order chi connectivity index (χ0) is 23.6. The smallest absolute Gasteiger partial charge is 0.322 e. The van der Waals surface area contributed by atoms with Crippen molar-refractivity contribution in [3.8, 4) is 0 Å². The zero-order valence-electron chi connectivity index (χ0n) is 18.0. The first kappa shape index (κ1) is 23.1. The van der Waals surface area contributed by atoms with Crippen LogP contribution in [-0.4, -0.2) is 73.1 Å². The van der Waals surface area contributed by atoms with E-state index in [1.165, 1.54) is 16.4 Å². The maximum Gasteiger partial charge on any atom is 0.322 e. The van der Waals surface area contributed by atoms with Gasteiger partial charge in [0.1, 0.15) is 5.69 Å². The van der Waals surface area contributed by atoms with E-state index in [1.807, 2.05) is 0 Å². The Labute approximate surface area is 189 Å². The van der Waals surface area contributed by atoms with Gasteiger partial charge in [0, 0.05) is 45.1 Å². The van der Waals surface area contributed by atoms with Gasteiger partial charge in [-0.3, -0.25) is 20.2 Å². The van der Waals surface area contributed by atoms with Crippen LogP contribution in [0.25, 0.3) is 0 Å². The van der Waals surface area contributed by atoms with Crippen LogP contribution in [0.5, 0.6) is 0 Å². The molecule has 2 fully saturated rings. The molecule has 33 heavy (non-hydrogen) atoms. The molecule has 1 aromatic heterocycles. The summed E-state index contributed by atoms with van der Waals surface area (Å²) in [6.07, 6.45) is 0.924. The van der Waals surface area contributed by atoms with E-state index >= 15 is 0 Å². The monoisotopic (exact) mass is 480 g/mol. The fourth-order valence-electron chi connectivity index (χ4n) is 3.95. The molecule has 178 valence electrons. The lowest BCUT2D eigenvalue weighted by Gasteiger charge is -2.32. The summed E-state index contributed by atoms with van der Waals surface area (Å²) in [6, 6.07) is 4.00. The standard InChI is InChI=1S/C19H24N6O7S/c1-13-21-22-19(32-13)20-18(26)14-4-6-23(7-5-14)16-3-2-15(12-17(16)25(27)28)33(29,30)24-8-10-31-11-9-24/h2-3,12,14H,4-11H2,1H3,(H,20,22,26). The van der Waals surface area contributed by atoms with Crippen molar-refractivity contribution >= 4 is 33.3 Å². The molecular weight excluding hydrogens is 456 g/mol. The highest BCUT2D eigenvalue weighted by Gasteiger charge is 2.32. The Morgan fingerprint density at radius 3 is 2.48 bits per heavy atom. The van der Waals surface area contributed by atoms with Crippen LogP contribution >= 0.6 is 0 Å². The minimum absolute atomic E-state index is 0.0348. The predicted molar refractivity (Wildman–Crippen MR) is 115 cm³/mol. The number of amides is 1. The number of nitrogens with one attached hydrogen (secondary N) is 1. The van der Waals surface area contributed by atoms with Crippen LogP contribution in [0.3, 0.4) is 0 Å². The quantitative estimate of drug-likeness (QED) is 0.469. The summed E-state index contributed by atoms with van der Waals surface area (Å²) >= 11 is 0. The molecule has 2 aliphatic heterocycles. The van der Waals surface area contributed by atoms with Gasteiger partial charge in [-0.2, -0.15) is 4.31 Å². The van der Waals surface area contributed by atoms with Gasteiger partial charge in [0.05, 0.1) is 23.0 Å². The number of nitro groups is 1. The molecule has 4 rings (SSSR count). The first-order chi connectivity index (χ1) is 15.8. The van der Waals surface area contributed by atoms with Crippen LogP contribution in [0.4, 0.5) is 17.4 Å². The third-order valence-corrected chi connectivity index (χ3v) is 7.61. The summed E-state index contributed by atoms with van der Waals surface area (Å²) in [4.78, 5) is 25.3. The van der Waals surface area contributed by atoms with Crippen molar-refractivity contribution < 1.29 is 27.3 Å². The van der Waals surface area contributed by atoms with Gasteiger partial charge >= 0.3 is 6.01 Å². The lowest BCUT2D eigenvalue weighted by molar-refractivity contribution is -0.384. The summed E-state index contributed by atoms with van der Waals surface area (Å²) in [7, 11) is -3.86. The second kappa shape index (κ2) is 9.41. The number of ether oxygens (including phenoxy) is 1. The highest BCUT2D eigenvalue weighted by molar-refractivity contribution is 7.89. The molecule has 0 radical (unpaired) electrons. The average Bonchev–Trinajstić information content (AvgIpc) is 3.23. The Morgan fingerprint density at radius 2 is 1.88 bits per heavy atom. The van der Waals surface area contributed by atoms with Crippen molar-refractivity contribution in [1.82, 2.24) is 14.5 Å². The van der Waals surface area contributed by atoms with E-state index in [-0.39, 0.29) is 54.7 Å². The number of carbonyl (C=O) groups excluding carboxylic acids is 1. The maximum atomic E-state index is 12.9. The first-order valence-corrected chi connectivity index (χ1v) is 11.9. The van der Waals surface area contributed by atoms with Crippen LogP contribution < -0.4 is 10.2 Å². The topological polar surface area (TPSA) is 161 Å². The molecule has 1 amide bonds. The number of nitrogens with zero attached hydrogens (tertiary/aromatic N) is 5. The fourth-order valence-corrected chi connectivity index (χ4v) is 5.38. The molecule has 13 nitrogen and oxygen atoms in total. The van der Waals surface area contributed by atoms with Crippen LogP contribution in [-0.2, 0) is 19.6 Å². The largest absolute Gasteiger partial charge is 0.408 e. The molecule has 0 bridgehead atoms. The fraction of sp³-hybridized carbons (Fsp3) is 0.526. The second-order valence-corrected chi connectivity index (χ2v) is 9.74. The Kier molecular flexibility index (Phi) is 6.58. The highest BCUT2D eigenvalue weighted by Crippen LogP contribution is 2.34. The number of benzene rings is 1. The molecule has 2 aromatic rings. The number of morpholine rings is 1. The van der Waals surface area contributed by atoms with Crippen molar-refractivity contribution in [2.24, 2.45) is 5.92 Å². The molecule has 0 aliphatic carbocycles. The summed E-state index contributed by atoms with van der Waals surface area (Å²) in [5, 5.41) is 21.8. The second-order valence-electron chi connectivity index (χ2n) is 7.80. The number of sulfonamides is 1. The molecular formula is C19H24N6O7S. The predicted octanol–water partition coefficient (Wildman–Crippen LogP) is 1.16. The number of hydrogen-bond donors (Lipinski definition) is 1. The summed E-state index contributed by atoms with van der Waals surface area (Å²) in [5.41, 5.74) is 0.0425. The Balaban J connectivity index is 1.46. The van der Waals surface area contributed by atoms with Gasteiger partial charge in [-0.05, 0) is 25.0 Å². The molecule has 2 saturated heterocycles. The maximum absolute atomic E-state index is 12.9. The van der Waals surface area contributed by atoms with Crippen molar-refractivity contribution in [1.29, 1.82) is 0 Å². The van der Waals surface area contributed by atoms with E-state index < -0.39 is 14.9 Å². The molecule has 0 unspecified atom stereocenters. The van der Waals surface area contributed by atoms with Gasteiger partial charge in [-0.25, -0.2) is 8.42 Å². The Bertz CT molecular complexity index is 1140. The van der Waals surface area contributed by atoms with Crippen molar-refractivity contribution in [2.75, 3.05) is 49.6 Å². The molecule has 0 atom stereocenters. The minimum atomic E-state index is -3.86. The van der Waals surface area contributed by atoms with E-state index in [9.17, 15) is 23.3 Å². The molecule has 0 spiro atoms. The lowest BCUT2D eigenvalue weighted by Crippen LogP contribution is -2.40. The SMILES string of the molecule is Cc1nnc(NC(=O)C2CCN(c3ccc(S(=O)(=O)N4CCOCC4)cc3[N+](=O)[O-])CC2)o1. The van der Waals surface area contributed by atoms with Gasteiger partial charge in [0.25, 0.3) is 5.69 Å².